The van der Waals surface area contributed by atoms with E-state index in [0.29, 0.717) is 6.61 Å². The van der Waals surface area contributed by atoms with Gasteiger partial charge in [-0.2, -0.15) is 0 Å². The molecule has 0 spiro atoms. The molecule has 3 nitrogen and oxygen atoms in total. The molecule has 21 heavy (non-hydrogen) atoms. The first-order valence-corrected chi connectivity index (χ1v) is 7.34. The van der Waals surface area contributed by atoms with Crippen LogP contribution in [-0.4, -0.2) is 20.3 Å². The van der Waals surface area contributed by atoms with E-state index < -0.39 is 0 Å². The number of para-hydroxylation sites is 1. The molecule has 0 amide bonds. The van der Waals surface area contributed by atoms with E-state index in [-0.39, 0.29) is 0 Å². The highest BCUT2D eigenvalue weighted by atomic mass is 16.5. The number of methoxy groups -OCH3 is 1. The number of hydrogen-bond acceptors (Lipinski definition) is 3. The molecule has 0 saturated carbocycles. The molecule has 2 aromatic rings. The fourth-order valence-corrected chi connectivity index (χ4v) is 2.13. The summed E-state index contributed by atoms with van der Waals surface area (Å²) >= 11 is 0. The quantitative estimate of drug-likeness (QED) is 0.716. The van der Waals surface area contributed by atoms with Crippen LogP contribution in [0, 0.1) is 0 Å². The predicted molar refractivity (Wildman–Crippen MR) is 85.4 cm³/mol. The van der Waals surface area contributed by atoms with Gasteiger partial charge in [0.25, 0.3) is 0 Å². The lowest BCUT2D eigenvalue weighted by Gasteiger charge is -2.09. The van der Waals surface area contributed by atoms with Crippen molar-refractivity contribution in [2.24, 2.45) is 0 Å². The molecule has 0 fully saturated rings. The molecule has 0 unspecified atom stereocenters. The fraction of sp³-hybridized carbons (Fsp3) is 0.333. The van der Waals surface area contributed by atoms with Gasteiger partial charge in [-0.05, 0) is 24.6 Å². The van der Waals surface area contributed by atoms with Gasteiger partial charge < -0.3 is 14.8 Å². The van der Waals surface area contributed by atoms with Crippen molar-refractivity contribution in [3.63, 3.8) is 0 Å². The molecule has 2 aromatic carbocycles. The summed E-state index contributed by atoms with van der Waals surface area (Å²) in [6.45, 7) is 3.22. The zero-order valence-corrected chi connectivity index (χ0v) is 12.5. The van der Waals surface area contributed by atoms with E-state index in [1.165, 1.54) is 5.56 Å². The van der Waals surface area contributed by atoms with Crippen molar-refractivity contribution in [2.45, 2.75) is 19.6 Å². The van der Waals surface area contributed by atoms with E-state index in [1.54, 1.807) is 7.11 Å². The van der Waals surface area contributed by atoms with Gasteiger partial charge >= 0.3 is 0 Å². The molecule has 2 rings (SSSR count). The van der Waals surface area contributed by atoms with Crippen molar-refractivity contribution in [1.82, 2.24) is 5.32 Å². The molecular weight excluding hydrogens is 262 g/mol. The molecule has 0 bridgehead atoms. The van der Waals surface area contributed by atoms with E-state index in [1.807, 2.05) is 30.3 Å². The summed E-state index contributed by atoms with van der Waals surface area (Å²) in [5.74, 6) is 0.889. The van der Waals surface area contributed by atoms with Crippen LogP contribution in [0.2, 0.25) is 0 Å². The molecule has 3 heteroatoms. The third kappa shape index (κ3) is 5.58. The van der Waals surface area contributed by atoms with Crippen LogP contribution in [0.15, 0.2) is 54.6 Å². The molecule has 112 valence electrons. The third-order valence-electron chi connectivity index (χ3n) is 3.26. The van der Waals surface area contributed by atoms with E-state index in [0.717, 1.165) is 37.4 Å². The number of nitrogens with one attached hydrogen (secondary N) is 1. The molecule has 1 N–H and O–H groups in total. The van der Waals surface area contributed by atoms with Gasteiger partial charge in [0.05, 0.1) is 13.7 Å². The van der Waals surface area contributed by atoms with Crippen LogP contribution < -0.4 is 10.1 Å². The second-order valence-corrected chi connectivity index (χ2v) is 4.88. The topological polar surface area (TPSA) is 30.5 Å². The molecule has 0 aliphatic heterocycles. The minimum absolute atomic E-state index is 0.600. The van der Waals surface area contributed by atoms with Crippen molar-refractivity contribution in [1.29, 1.82) is 0 Å². The summed E-state index contributed by atoms with van der Waals surface area (Å²) in [5.41, 5.74) is 2.41. The van der Waals surface area contributed by atoms with Crippen LogP contribution >= 0.6 is 0 Å². The van der Waals surface area contributed by atoms with Crippen molar-refractivity contribution < 1.29 is 9.47 Å². The zero-order valence-electron chi connectivity index (χ0n) is 12.5. The van der Waals surface area contributed by atoms with Crippen molar-refractivity contribution in [2.75, 3.05) is 20.3 Å². The van der Waals surface area contributed by atoms with Gasteiger partial charge in [-0.25, -0.2) is 0 Å². The fourth-order valence-electron chi connectivity index (χ4n) is 2.13. The Morgan fingerprint density at radius 1 is 0.952 bits per heavy atom. The second kappa shape index (κ2) is 9.16. The van der Waals surface area contributed by atoms with Gasteiger partial charge in [0.2, 0.25) is 0 Å². The number of benzene rings is 2. The predicted octanol–water partition coefficient (Wildman–Crippen LogP) is 3.39. The maximum Gasteiger partial charge on any atom is 0.124 e. The Kier molecular flexibility index (Phi) is 6.78. The third-order valence-corrected chi connectivity index (χ3v) is 3.26. The van der Waals surface area contributed by atoms with Crippen LogP contribution in [0.5, 0.6) is 5.75 Å². The first kappa shape index (κ1) is 15.5. The van der Waals surface area contributed by atoms with Crippen LogP contribution in [0.1, 0.15) is 17.5 Å². The largest absolute Gasteiger partial charge is 0.496 e. The van der Waals surface area contributed by atoms with Crippen molar-refractivity contribution >= 4 is 0 Å². The summed E-state index contributed by atoms with van der Waals surface area (Å²) in [6.07, 6.45) is 1.00. The molecule has 0 aliphatic carbocycles. The first-order valence-electron chi connectivity index (χ1n) is 7.34. The van der Waals surface area contributed by atoms with Crippen LogP contribution in [-0.2, 0) is 17.9 Å². The van der Waals surface area contributed by atoms with E-state index in [9.17, 15) is 0 Å². The lowest BCUT2D eigenvalue weighted by atomic mass is 10.2. The molecule has 0 radical (unpaired) electrons. The Bertz CT molecular complexity index is 514. The van der Waals surface area contributed by atoms with Crippen molar-refractivity contribution in [3.05, 3.63) is 65.7 Å². The summed E-state index contributed by atoms with van der Waals surface area (Å²) in [6, 6.07) is 18.4. The Balaban J connectivity index is 1.56. The monoisotopic (exact) mass is 285 g/mol. The summed E-state index contributed by atoms with van der Waals surface area (Å²) in [5, 5.41) is 3.42. The van der Waals surface area contributed by atoms with Crippen LogP contribution in [0.25, 0.3) is 0 Å². The summed E-state index contributed by atoms with van der Waals surface area (Å²) in [7, 11) is 1.69. The molecule has 0 aromatic heterocycles. The van der Waals surface area contributed by atoms with Crippen molar-refractivity contribution in [3.8, 4) is 5.75 Å². The summed E-state index contributed by atoms with van der Waals surface area (Å²) < 4.78 is 11.0. The van der Waals surface area contributed by atoms with Gasteiger partial charge in [-0.15, -0.1) is 0 Å². The smallest absolute Gasteiger partial charge is 0.124 e. The molecular formula is C18H23NO2. The Morgan fingerprint density at radius 3 is 2.52 bits per heavy atom. The van der Waals surface area contributed by atoms with E-state index in [2.05, 4.69) is 29.6 Å². The number of rotatable bonds is 9. The second-order valence-electron chi connectivity index (χ2n) is 4.88. The highest BCUT2D eigenvalue weighted by molar-refractivity contribution is 5.32. The van der Waals surface area contributed by atoms with Gasteiger partial charge in [0, 0.05) is 18.7 Å². The Hall–Kier alpha value is -1.84. The number of hydrogen-bond donors (Lipinski definition) is 1. The highest BCUT2D eigenvalue weighted by Crippen LogP contribution is 2.17. The lowest BCUT2D eigenvalue weighted by molar-refractivity contribution is 0.116. The highest BCUT2D eigenvalue weighted by Gasteiger charge is 2.00. The summed E-state index contributed by atoms with van der Waals surface area (Å²) in [4.78, 5) is 0. The van der Waals surface area contributed by atoms with Gasteiger partial charge in [-0.3, -0.25) is 0 Å². The van der Waals surface area contributed by atoms with Gasteiger partial charge in [-0.1, -0.05) is 48.5 Å². The van der Waals surface area contributed by atoms with Gasteiger partial charge in [0.15, 0.2) is 0 Å². The molecule has 0 atom stereocenters. The van der Waals surface area contributed by atoms with Crippen LogP contribution in [0.3, 0.4) is 0 Å². The Labute approximate surface area is 126 Å². The SMILES string of the molecule is COc1ccccc1COCCCNCc1ccccc1. The maximum absolute atomic E-state index is 5.69. The first-order chi connectivity index (χ1) is 10.4. The maximum atomic E-state index is 5.69. The average Bonchev–Trinajstić information content (AvgIpc) is 2.55. The van der Waals surface area contributed by atoms with Gasteiger partial charge in [0.1, 0.15) is 5.75 Å². The molecule has 0 saturated heterocycles. The standard InChI is InChI=1S/C18H23NO2/c1-20-18-11-6-5-10-17(18)15-21-13-7-12-19-14-16-8-3-2-4-9-16/h2-6,8-11,19H,7,12-15H2,1H3. The minimum Gasteiger partial charge on any atom is -0.496 e. The van der Waals surface area contributed by atoms with Crippen LogP contribution in [0.4, 0.5) is 0 Å². The van der Waals surface area contributed by atoms with E-state index in [4.69, 9.17) is 9.47 Å². The zero-order chi connectivity index (χ0) is 14.8. The molecule has 0 heterocycles. The Morgan fingerprint density at radius 2 is 1.71 bits per heavy atom. The number of ether oxygens (including phenoxy) is 2. The lowest BCUT2D eigenvalue weighted by Crippen LogP contribution is -2.16. The molecule has 0 aliphatic rings. The average molecular weight is 285 g/mol. The normalized spacial score (nSPS) is 10.5. The van der Waals surface area contributed by atoms with E-state index >= 15 is 0 Å². The minimum atomic E-state index is 0.600.